The first-order valence-corrected chi connectivity index (χ1v) is 9.38. The Bertz CT molecular complexity index is 633. The standard InChI is InChI=1S/C18H24BrN3O2.ClH/c1-12(20)13-6-9-21(10-7-13)17(23)14-8-11-22(18(14)24)16-5-3-2-4-15(16)19;/h2-5,12-14H,6-11,20H2,1H3;1H. The van der Waals surface area contributed by atoms with Crippen molar-refractivity contribution in [3.63, 3.8) is 0 Å². The van der Waals surface area contributed by atoms with E-state index < -0.39 is 5.92 Å². The van der Waals surface area contributed by atoms with E-state index in [4.69, 9.17) is 5.73 Å². The monoisotopic (exact) mass is 429 g/mol. The largest absolute Gasteiger partial charge is 0.342 e. The van der Waals surface area contributed by atoms with Gasteiger partial charge in [0.15, 0.2) is 0 Å². The lowest BCUT2D eigenvalue weighted by Crippen LogP contribution is -2.46. The minimum absolute atomic E-state index is 0. The van der Waals surface area contributed by atoms with Crippen molar-refractivity contribution in [2.75, 3.05) is 24.5 Å². The van der Waals surface area contributed by atoms with Crippen molar-refractivity contribution in [2.45, 2.75) is 32.2 Å². The number of nitrogens with zero attached hydrogens (tertiary/aromatic N) is 2. The van der Waals surface area contributed by atoms with Crippen LogP contribution in [0.1, 0.15) is 26.2 Å². The smallest absolute Gasteiger partial charge is 0.239 e. The molecule has 2 saturated heterocycles. The van der Waals surface area contributed by atoms with E-state index in [-0.39, 0.29) is 30.3 Å². The van der Waals surface area contributed by atoms with Gasteiger partial charge in [-0.3, -0.25) is 9.59 Å². The average Bonchev–Trinajstić information content (AvgIpc) is 2.96. The zero-order chi connectivity index (χ0) is 17.3. The highest BCUT2D eigenvalue weighted by molar-refractivity contribution is 9.10. The first-order valence-electron chi connectivity index (χ1n) is 8.59. The van der Waals surface area contributed by atoms with Crippen LogP contribution in [0.5, 0.6) is 0 Å². The summed E-state index contributed by atoms with van der Waals surface area (Å²) in [6, 6.07) is 7.81. The molecule has 0 spiro atoms. The summed E-state index contributed by atoms with van der Waals surface area (Å²) in [4.78, 5) is 29.1. The van der Waals surface area contributed by atoms with Crippen molar-refractivity contribution in [3.05, 3.63) is 28.7 Å². The Labute approximate surface area is 163 Å². The SMILES string of the molecule is CC(N)C1CCN(C(=O)C2CCN(c3ccccc3Br)C2=O)CC1.Cl. The second-order valence-corrected chi connectivity index (χ2v) is 7.66. The molecule has 5 nitrogen and oxygen atoms in total. The van der Waals surface area contributed by atoms with Gasteiger partial charge in [-0.05, 0) is 60.2 Å². The van der Waals surface area contributed by atoms with Crippen LogP contribution in [0, 0.1) is 11.8 Å². The Hall–Kier alpha value is -1.11. The predicted molar refractivity (Wildman–Crippen MR) is 105 cm³/mol. The minimum Gasteiger partial charge on any atom is -0.342 e. The molecule has 7 heteroatoms. The van der Waals surface area contributed by atoms with Gasteiger partial charge in [0.1, 0.15) is 5.92 Å². The molecule has 2 heterocycles. The summed E-state index contributed by atoms with van der Waals surface area (Å²) in [5, 5.41) is 0. The Morgan fingerprint density at radius 2 is 1.84 bits per heavy atom. The second-order valence-electron chi connectivity index (χ2n) is 6.80. The molecular weight excluding hydrogens is 406 g/mol. The van der Waals surface area contributed by atoms with Crippen LogP contribution in [0.3, 0.4) is 0 Å². The van der Waals surface area contributed by atoms with E-state index in [0.717, 1.165) is 23.0 Å². The number of carbonyl (C=O) groups is 2. The van der Waals surface area contributed by atoms with Crippen LogP contribution in [0.2, 0.25) is 0 Å². The number of hydrogen-bond donors (Lipinski definition) is 1. The number of rotatable bonds is 3. The third-order valence-electron chi connectivity index (χ3n) is 5.24. The number of piperidine rings is 1. The lowest BCUT2D eigenvalue weighted by atomic mass is 9.90. The number of amides is 2. The fourth-order valence-corrected chi connectivity index (χ4v) is 4.18. The molecule has 2 atom stereocenters. The molecule has 3 rings (SSSR count). The van der Waals surface area contributed by atoms with E-state index in [2.05, 4.69) is 15.9 Å². The summed E-state index contributed by atoms with van der Waals surface area (Å²) in [7, 11) is 0. The first-order chi connectivity index (χ1) is 11.5. The Balaban J connectivity index is 0.00000225. The van der Waals surface area contributed by atoms with Crippen LogP contribution < -0.4 is 10.6 Å². The summed E-state index contributed by atoms with van der Waals surface area (Å²) in [6.07, 6.45) is 2.45. The number of anilines is 1. The van der Waals surface area contributed by atoms with Crippen LogP contribution in [0.15, 0.2) is 28.7 Å². The van der Waals surface area contributed by atoms with E-state index >= 15 is 0 Å². The predicted octanol–water partition coefficient (Wildman–Crippen LogP) is 2.81. The van der Waals surface area contributed by atoms with Crippen LogP contribution >= 0.6 is 28.3 Å². The van der Waals surface area contributed by atoms with E-state index in [0.29, 0.717) is 32.0 Å². The van der Waals surface area contributed by atoms with Gasteiger partial charge >= 0.3 is 0 Å². The highest BCUT2D eigenvalue weighted by Crippen LogP contribution is 2.32. The van der Waals surface area contributed by atoms with Crippen molar-refractivity contribution in [1.82, 2.24) is 4.90 Å². The molecule has 0 aromatic heterocycles. The zero-order valence-electron chi connectivity index (χ0n) is 14.4. The molecule has 2 aliphatic rings. The molecule has 0 bridgehead atoms. The summed E-state index contributed by atoms with van der Waals surface area (Å²) in [5.41, 5.74) is 6.80. The second kappa shape index (κ2) is 8.52. The molecule has 2 amide bonds. The zero-order valence-corrected chi connectivity index (χ0v) is 16.8. The van der Waals surface area contributed by atoms with Gasteiger partial charge in [-0.1, -0.05) is 12.1 Å². The van der Waals surface area contributed by atoms with Gasteiger partial charge in [0.25, 0.3) is 0 Å². The fourth-order valence-electron chi connectivity index (χ4n) is 3.68. The Morgan fingerprint density at radius 3 is 2.44 bits per heavy atom. The molecule has 25 heavy (non-hydrogen) atoms. The molecule has 2 aliphatic heterocycles. The molecule has 2 unspecified atom stereocenters. The van der Waals surface area contributed by atoms with Gasteiger partial charge in [0, 0.05) is 30.1 Å². The van der Waals surface area contributed by atoms with E-state index in [9.17, 15) is 9.59 Å². The van der Waals surface area contributed by atoms with Crippen molar-refractivity contribution < 1.29 is 9.59 Å². The molecule has 0 radical (unpaired) electrons. The van der Waals surface area contributed by atoms with E-state index in [1.807, 2.05) is 36.1 Å². The normalized spacial score (nSPS) is 22.7. The van der Waals surface area contributed by atoms with Crippen molar-refractivity contribution >= 4 is 45.8 Å². The molecule has 2 fully saturated rings. The minimum atomic E-state index is -0.538. The van der Waals surface area contributed by atoms with Crippen molar-refractivity contribution in [2.24, 2.45) is 17.6 Å². The Morgan fingerprint density at radius 1 is 1.20 bits per heavy atom. The molecule has 0 saturated carbocycles. The van der Waals surface area contributed by atoms with Gasteiger partial charge in [0.05, 0.1) is 5.69 Å². The third kappa shape index (κ3) is 4.18. The van der Waals surface area contributed by atoms with Crippen LogP contribution in [0.25, 0.3) is 0 Å². The number of likely N-dealkylation sites (tertiary alicyclic amines) is 1. The maximum Gasteiger partial charge on any atom is 0.239 e. The van der Waals surface area contributed by atoms with Crippen molar-refractivity contribution in [3.8, 4) is 0 Å². The van der Waals surface area contributed by atoms with Crippen LogP contribution in [-0.4, -0.2) is 42.4 Å². The van der Waals surface area contributed by atoms with E-state index in [1.165, 1.54) is 0 Å². The number of benzene rings is 1. The average molecular weight is 431 g/mol. The lowest BCUT2D eigenvalue weighted by Gasteiger charge is -2.34. The molecular formula is C18H25BrClN3O2. The number of para-hydroxylation sites is 1. The molecule has 1 aromatic carbocycles. The summed E-state index contributed by atoms with van der Waals surface area (Å²) >= 11 is 3.49. The molecule has 0 aliphatic carbocycles. The summed E-state index contributed by atoms with van der Waals surface area (Å²) in [5.74, 6) is -0.159. The number of nitrogens with two attached hydrogens (primary N) is 1. The number of carbonyl (C=O) groups excluding carboxylic acids is 2. The number of hydrogen-bond acceptors (Lipinski definition) is 3. The molecule has 1 aromatic rings. The highest BCUT2D eigenvalue weighted by Gasteiger charge is 2.40. The third-order valence-corrected chi connectivity index (χ3v) is 5.91. The van der Waals surface area contributed by atoms with E-state index in [1.54, 1.807) is 4.90 Å². The lowest BCUT2D eigenvalue weighted by molar-refractivity contribution is -0.141. The van der Waals surface area contributed by atoms with Gasteiger partial charge in [-0.25, -0.2) is 0 Å². The molecule has 2 N–H and O–H groups in total. The van der Waals surface area contributed by atoms with Crippen LogP contribution in [0.4, 0.5) is 5.69 Å². The summed E-state index contributed by atoms with van der Waals surface area (Å²) in [6.45, 7) is 4.04. The topological polar surface area (TPSA) is 66.6 Å². The van der Waals surface area contributed by atoms with Gasteiger partial charge < -0.3 is 15.5 Å². The number of halogens is 2. The maximum atomic E-state index is 12.8. The van der Waals surface area contributed by atoms with Crippen molar-refractivity contribution in [1.29, 1.82) is 0 Å². The van der Waals surface area contributed by atoms with Crippen LogP contribution in [-0.2, 0) is 9.59 Å². The Kier molecular flexibility index (Phi) is 6.88. The fraction of sp³-hybridized carbons (Fsp3) is 0.556. The summed E-state index contributed by atoms with van der Waals surface area (Å²) < 4.78 is 0.879. The van der Waals surface area contributed by atoms with Gasteiger partial charge in [0.2, 0.25) is 11.8 Å². The van der Waals surface area contributed by atoms with Gasteiger partial charge in [-0.2, -0.15) is 0 Å². The first kappa shape index (κ1) is 20.2. The molecule has 138 valence electrons. The van der Waals surface area contributed by atoms with Gasteiger partial charge in [-0.15, -0.1) is 12.4 Å². The quantitative estimate of drug-likeness (QED) is 0.750. The maximum absolute atomic E-state index is 12.8. The highest BCUT2D eigenvalue weighted by atomic mass is 79.9.